The van der Waals surface area contributed by atoms with Gasteiger partial charge in [0.25, 0.3) is 0 Å². The van der Waals surface area contributed by atoms with Crippen LogP contribution < -0.4 is 0 Å². The van der Waals surface area contributed by atoms with E-state index in [-0.39, 0.29) is 17.5 Å². The molecule has 0 aliphatic carbocycles. The van der Waals surface area contributed by atoms with Crippen LogP contribution in [-0.4, -0.2) is 55.3 Å². The fraction of sp³-hybridized carbons (Fsp3) is 0.647. The predicted molar refractivity (Wildman–Crippen MR) is 87.2 cm³/mol. The van der Waals surface area contributed by atoms with Crippen LogP contribution in [0.15, 0.2) is 24.3 Å². The first-order valence-electron chi connectivity index (χ1n) is 7.40. The summed E-state index contributed by atoms with van der Waals surface area (Å²) in [6, 6.07) is 0. The molecule has 0 aliphatic heterocycles. The van der Waals surface area contributed by atoms with Gasteiger partial charge in [0.1, 0.15) is 26.3 Å². The highest BCUT2D eigenvalue weighted by Crippen LogP contribution is 2.21. The Hall–Kier alpha value is -1.62. The van der Waals surface area contributed by atoms with Gasteiger partial charge in [0.2, 0.25) is 0 Å². The fourth-order valence-corrected chi connectivity index (χ4v) is 1.71. The van der Waals surface area contributed by atoms with Crippen LogP contribution in [0.2, 0.25) is 0 Å². The molecule has 0 saturated carbocycles. The molecule has 0 N–H and O–H groups in total. The molecule has 0 amide bonds. The minimum Gasteiger partial charge on any atom is -0.456 e. The molecule has 0 radical (unpaired) electrons. The number of likely N-dealkylation sites (N-methyl/N-ethyl adjacent to an activating group) is 1. The monoisotopic (exact) mass is 312 g/mol. The lowest BCUT2D eigenvalue weighted by atomic mass is 10.0. The third-order valence-electron chi connectivity index (χ3n) is 3.95. The molecule has 0 fully saturated rings. The van der Waals surface area contributed by atoms with E-state index in [9.17, 15) is 9.59 Å². The van der Waals surface area contributed by atoms with Crippen molar-refractivity contribution in [3.63, 3.8) is 0 Å². The fourth-order valence-electron chi connectivity index (χ4n) is 1.71. The predicted octanol–water partition coefficient (Wildman–Crippen LogP) is 2.47. The number of ether oxygens (including phenoxy) is 2. The lowest BCUT2D eigenvalue weighted by molar-refractivity contribution is -0.953. The molecule has 126 valence electrons. The molecular weight excluding hydrogens is 282 g/mol. The molecule has 0 aromatic rings. The molecule has 22 heavy (non-hydrogen) atoms. The van der Waals surface area contributed by atoms with Crippen LogP contribution >= 0.6 is 0 Å². The molecular formula is C17H30NO4+. The van der Waals surface area contributed by atoms with Gasteiger partial charge < -0.3 is 14.0 Å². The highest BCUT2D eigenvalue weighted by atomic mass is 16.5. The van der Waals surface area contributed by atoms with Gasteiger partial charge in [-0.05, 0) is 34.6 Å². The highest BCUT2D eigenvalue weighted by Gasteiger charge is 2.36. The van der Waals surface area contributed by atoms with Gasteiger partial charge in [-0.1, -0.05) is 13.2 Å². The molecule has 5 nitrogen and oxygen atoms in total. The third kappa shape index (κ3) is 6.43. The number of quaternary nitrogens is 1. The average Bonchev–Trinajstić information content (AvgIpc) is 2.36. The van der Waals surface area contributed by atoms with E-state index in [1.807, 2.05) is 0 Å². The molecule has 0 heterocycles. The second-order valence-corrected chi connectivity index (χ2v) is 6.85. The Bertz CT molecular complexity index is 414. The molecule has 0 rings (SSSR count). The highest BCUT2D eigenvalue weighted by molar-refractivity contribution is 5.87. The van der Waals surface area contributed by atoms with Gasteiger partial charge >= 0.3 is 11.9 Å². The Morgan fingerprint density at radius 1 is 0.909 bits per heavy atom. The minimum atomic E-state index is -0.380. The summed E-state index contributed by atoms with van der Waals surface area (Å²) >= 11 is 0. The summed E-state index contributed by atoms with van der Waals surface area (Å²) < 4.78 is 11.0. The first-order valence-corrected chi connectivity index (χ1v) is 7.40. The van der Waals surface area contributed by atoms with Crippen molar-refractivity contribution in [1.29, 1.82) is 0 Å². The van der Waals surface area contributed by atoms with E-state index in [4.69, 9.17) is 9.47 Å². The first-order chi connectivity index (χ1) is 9.90. The summed E-state index contributed by atoms with van der Waals surface area (Å²) in [4.78, 5) is 22.9. The van der Waals surface area contributed by atoms with E-state index in [2.05, 4.69) is 41.0 Å². The summed E-state index contributed by atoms with van der Waals surface area (Å²) in [5.41, 5.74) is 0.700. The summed E-state index contributed by atoms with van der Waals surface area (Å²) in [6.07, 6.45) is 0. The molecule has 0 bridgehead atoms. The van der Waals surface area contributed by atoms with Crippen molar-refractivity contribution >= 4 is 11.9 Å². The average molecular weight is 312 g/mol. The van der Waals surface area contributed by atoms with Crippen molar-refractivity contribution in [1.82, 2.24) is 0 Å². The second kappa shape index (κ2) is 8.13. The molecule has 0 spiro atoms. The van der Waals surface area contributed by atoms with E-state index < -0.39 is 0 Å². The zero-order valence-electron chi connectivity index (χ0n) is 14.8. The Kier molecular flexibility index (Phi) is 7.53. The van der Waals surface area contributed by atoms with Crippen molar-refractivity contribution in [2.45, 2.75) is 40.2 Å². The second-order valence-electron chi connectivity index (χ2n) is 6.85. The maximum Gasteiger partial charge on any atom is 0.333 e. The first kappa shape index (κ1) is 20.4. The minimum absolute atomic E-state index is 0.0781. The van der Waals surface area contributed by atoms with Crippen LogP contribution in [0.25, 0.3) is 0 Å². The molecule has 0 unspecified atom stereocenters. The summed E-state index contributed by atoms with van der Waals surface area (Å²) in [6.45, 7) is 18.5. The van der Waals surface area contributed by atoms with Crippen LogP contribution in [0, 0.1) is 0 Å². The van der Waals surface area contributed by atoms with E-state index >= 15 is 0 Å². The number of hydrogen-bond donors (Lipinski definition) is 0. The van der Waals surface area contributed by atoms with E-state index in [1.165, 1.54) is 0 Å². The third-order valence-corrected chi connectivity index (χ3v) is 3.95. The normalized spacial score (nSPS) is 11.7. The molecule has 0 saturated heterocycles. The lowest BCUT2D eigenvalue weighted by Gasteiger charge is -2.45. The van der Waals surface area contributed by atoms with Gasteiger partial charge in [-0.2, -0.15) is 0 Å². The Labute approximate surface area is 134 Å². The topological polar surface area (TPSA) is 52.6 Å². The van der Waals surface area contributed by atoms with Crippen LogP contribution in [0.4, 0.5) is 0 Å². The van der Waals surface area contributed by atoms with Gasteiger partial charge in [-0.15, -0.1) is 0 Å². The quantitative estimate of drug-likeness (QED) is 0.392. The van der Waals surface area contributed by atoms with Gasteiger partial charge in [-0.3, -0.25) is 0 Å². The van der Waals surface area contributed by atoms with Crippen LogP contribution in [-0.2, 0) is 19.1 Å². The molecule has 0 aromatic carbocycles. The number of carbonyl (C=O) groups is 2. The van der Waals surface area contributed by atoms with Gasteiger partial charge in [0.15, 0.2) is 0 Å². The Balaban J connectivity index is 4.61. The zero-order valence-corrected chi connectivity index (χ0v) is 14.8. The SMILES string of the molecule is C=C(C)C(=O)OCC[N+](C)(CCOC(=O)C(=C)C)C(C)(C)C. The maximum atomic E-state index is 11.4. The lowest BCUT2D eigenvalue weighted by Crippen LogP contribution is -2.60. The molecule has 0 atom stereocenters. The number of esters is 2. The number of rotatable bonds is 8. The van der Waals surface area contributed by atoms with E-state index in [0.29, 0.717) is 41.9 Å². The Morgan fingerprint density at radius 2 is 1.23 bits per heavy atom. The van der Waals surface area contributed by atoms with Crippen molar-refractivity contribution in [2.75, 3.05) is 33.4 Å². The standard InChI is InChI=1S/C17H30NO4/c1-13(2)15(19)21-11-9-18(8,17(5,6)7)10-12-22-16(20)14(3)4/h1,3,9-12H2,2,4-8H3/q+1. The van der Waals surface area contributed by atoms with E-state index in [0.717, 1.165) is 0 Å². The largest absolute Gasteiger partial charge is 0.456 e. The van der Waals surface area contributed by atoms with Crippen LogP contribution in [0.3, 0.4) is 0 Å². The zero-order chi connectivity index (χ0) is 17.6. The van der Waals surface area contributed by atoms with Crippen molar-refractivity contribution in [2.24, 2.45) is 0 Å². The van der Waals surface area contributed by atoms with Gasteiger partial charge in [0.05, 0.1) is 12.6 Å². The summed E-state index contributed by atoms with van der Waals surface area (Å²) in [5.74, 6) is -0.761. The number of hydrogen-bond acceptors (Lipinski definition) is 4. The maximum absolute atomic E-state index is 11.4. The molecule has 0 aliphatic rings. The smallest absolute Gasteiger partial charge is 0.333 e. The van der Waals surface area contributed by atoms with Crippen molar-refractivity contribution < 1.29 is 23.5 Å². The van der Waals surface area contributed by atoms with Crippen LogP contribution in [0.1, 0.15) is 34.6 Å². The van der Waals surface area contributed by atoms with E-state index in [1.54, 1.807) is 13.8 Å². The van der Waals surface area contributed by atoms with Gasteiger partial charge in [0, 0.05) is 11.1 Å². The summed E-state index contributed by atoms with van der Waals surface area (Å²) in [7, 11) is 2.06. The van der Waals surface area contributed by atoms with Crippen molar-refractivity contribution in [3.8, 4) is 0 Å². The molecule has 5 heteroatoms. The van der Waals surface area contributed by atoms with Gasteiger partial charge in [-0.25, -0.2) is 9.59 Å². The number of nitrogens with zero attached hydrogens (tertiary/aromatic N) is 1. The Morgan fingerprint density at radius 3 is 1.45 bits per heavy atom. The summed E-state index contributed by atoms with van der Waals surface area (Å²) in [5, 5.41) is 0. The van der Waals surface area contributed by atoms with Crippen molar-refractivity contribution in [3.05, 3.63) is 24.3 Å². The molecule has 0 aromatic heterocycles. The van der Waals surface area contributed by atoms with Crippen LogP contribution in [0.5, 0.6) is 0 Å². The number of carbonyl (C=O) groups excluding carboxylic acids is 2.